The van der Waals surface area contributed by atoms with E-state index in [1.165, 1.54) is 6.07 Å². The van der Waals surface area contributed by atoms with Crippen molar-refractivity contribution in [2.24, 2.45) is 0 Å². The van der Waals surface area contributed by atoms with Crippen molar-refractivity contribution in [3.63, 3.8) is 0 Å². The summed E-state index contributed by atoms with van der Waals surface area (Å²) in [4.78, 5) is 9.11. The van der Waals surface area contributed by atoms with Gasteiger partial charge in [-0.05, 0) is 42.0 Å². The molecule has 1 N–H and O–H groups in total. The van der Waals surface area contributed by atoms with Gasteiger partial charge in [0.2, 0.25) is 0 Å². The molecular weight excluding hydrogens is 428 g/mol. The van der Waals surface area contributed by atoms with Crippen LogP contribution < -0.4 is 9.62 Å². The molecule has 0 unspecified atom stereocenters. The van der Waals surface area contributed by atoms with Gasteiger partial charge in [0, 0.05) is 44.6 Å². The predicted octanol–water partition coefficient (Wildman–Crippen LogP) is 3.92. The standard InChI is InChI=1S/C20H21ClN4O2S2/c21-18-8-9-20(28-18)29(26,27)23-17-6-4-16(5-7-17)15-24-11-13-25(14-12-24)19-3-1-2-10-22-19/h1-10,23H,11-15H2. The van der Waals surface area contributed by atoms with Crippen LogP contribution in [0.25, 0.3) is 0 Å². The lowest BCUT2D eigenvalue weighted by molar-refractivity contribution is 0.249. The summed E-state index contributed by atoms with van der Waals surface area (Å²) in [7, 11) is -3.60. The Kier molecular flexibility index (Phi) is 6.05. The number of anilines is 2. The number of piperazine rings is 1. The molecule has 0 atom stereocenters. The molecule has 0 amide bonds. The Hall–Kier alpha value is -2.13. The number of aromatic nitrogens is 1. The maximum Gasteiger partial charge on any atom is 0.271 e. The minimum absolute atomic E-state index is 0.206. The molecule has 1 aromatic carbocycles. The molecule has 0 bridgehead atoms. The summed E-state index contributed by atoms with van der Waals surface area (Å²) < 4.78 is 28.0. The van der Waals surface area contributed by atoms with E-state index < -0.39 is 10.0 Å². The second-order valence-corrected chi connectivity index (χ2v) is 10.4. The van der Waals surface area contributed by atoms with Crippen molar-refractivity contribution in [1.29, 1.82) is 0 Å². The lowest BCUT2D eigenvalue weighted by atomic mass is 10.2. The lowest BCUT2D eigenvalue weighted by Crippen LogP contribution is -2.46. The Labute approximate surface area is 179 Å². The van der Waals surface area contributed by atoms with E-state index in [9.17, 15) is 8.42 Å². The highest BCUT2D eigenvalue weighted by Gasteiger charge is 2.19. The van der Waals surface area contributed by atoms with Crippen LogP contribution in [-0.2, 0) is 16.6 Å². The molecule has 0 spiro atoms. The van der Waals surface area contributed by atoms with Gasteiger partial charge in [-0.2, -0.15) is 0 Å². The van der Waals surface area contributed by atoms with E-state index in [4.69, 9.17) is 11.6 Å². The Morgan fingerprint density at radius 3 is 2.38 bits per heavy atom. The maximum atomic E-state index is 12.4. The van der Waals surface area contributed by atoms with Crippen LogP contribution in [0.3, 0.4) is 0 Å². The van der Waals surface area contributed by atoms with Crippen LogP contribution in [0, 0.1) is 0 Å². The summed E-state index contributed by atoms with van der Waals surface area (Å²) in [6.07, 6.45) is 1.82. The maximum absolute atomic E-state index is 12.4. The third-order valence-corrected chi connectivity index (χ3v) is 7.88. The van der Waals surface area contributed by atoms with Gasteiger partial charge in [-0.1, -0.05) is 29.8 Å². The van der Waals surface area contributed by atoms with Gasteiger partial charge in [-0.3, -0.25) is 9.62 Å². The summed E-state index contributed by atoms with van der Waals surface area (Å²) in [5.41, 5.74) is 1.69. The number of nitrogens with one attached hydrogen (secondary N) is 1. The number of hydrogen-bond acceptors (Lipinski definition) is 6. The van der Waals surface area contributed by atoms with Crippen LogP contribution in [-0.4, -0.2) is 44.5 Å². The van der Waals surface area contributed by atoms with E-state index in [0.29, 0.717) is 10.0 Å². The number of nitrogens with zero attached hydrogens (tertiary/aromatic N) is 3. The second kappa shape index (κ2) is 8.71. The molecule has 29 heavy (non-hydrogen) atoms. The molecule has 4 rings (SSSR count). The molecule has 1 fully saturated rings. The summed E-state index contributed by atoms with van der Waals surface area (Å²) in [5, 5.41) is 0. The van der Waals surface area contributed by atoms with Gasteiger partial charge < -0.3 is 4.90 Å². The van der Waals surface area contributed by atoms with Crippen molar-refractivity contribution in [2.45, 2.75) is 10.8 Å². The predicted molar refractivity (Wildman–Crippen MR) is 118 cm³/mol. The van der Waals surface area contributed by atoms with Gasteiger partial charge in [-0.25, -0.2) is 13.4 Å². The molecule has 0 radical (unpaired) electrons. The highest BCUT2D eigenvalue weighted by molar-refractivity contribution is 7.94. The topological polar surface area (TPSA) is 65.5 Å². The van der Waals surface area contributed by atoms with Gasteiger partial charge in [0.05, 0.1) is 4.34 Å². The van der Waals surface area contributed by atoms with Crippen molar-refractivity contribution in [1.82, 2.24) is 9.88 Å². The van der Waals surface area contributed by atoms with Gasteiger partial charge in [0.1, 0.15) is 10.0 Å². The number of pyridine rings is 1. The number of hydrogen-bond donors (Lipinski definition) is 1. The SMILES string of the molecule is O=S(=O)(Nc1ccc(CN2CCN(c3ccccn3)CC2)cc1)c1ccc(Cl)s1. The molecule has 1 saturated heterocycles. The number of rotatable bonds is 6. The fourth-order valence-electron chi connectivity index (χ4n) is 3.26. The van der Waals surface area contributed by atoms with E-state index in [1.54, 1.807) is 18.2 Å². The minimum atomic E-state index is -3.60. The van der Waals surface area contributed by atoms with Gasteiger partial charge in [0.25, 0.3) is 10.0 Å². The van der Waals surface area contributed by atoms with Crippen molar-refractivity contribution in [2.75, 3.05) is 35.8 Å². The van der Waals surface area contributed by atoms with E-state index >= 15 is 0 Å². The molecule has 9 heteroatoms. The third kappa shape index (κ3) is 5.08. The average Bonchev–Trinajstić information content (AvgIpc) is 3.18. The van der Waals surface area contributed by atoms with E-state index in [2.05, 4.69) is 19.5 Å². The van der Waals surface area contributed by atoms with Crippen LogP contribution in [0.4, 0.5) is 11.5 Å². The molecule has 3 aromatic rings. The molecule has 0 saturated carbocycles. The summed E-state index contributed by atoms with van der Waals surface area (Å²) >= 11 is 6.88. The Morgan fingerprint density at radius 1 is 1.00 bits per heavy atom. The fourth-order valence-corrected chi connectivity index (χ4v) is 5.80. The van der Waals surface area contributed by atoms with Crippen molar-refractivity contribution in [3.8, 4) is 0 Å². The van der Waals surface area contributed by atoms with Crippen molar-refractivity contribution < 1.29 is 8.42 Å². The molecule has 2 aromatic heterocycles. The minimum Gasteiger partial charge on any atom is -0.354 e. The second-order valence-electron chi connectivity index (χ2n) is 6.81. The molecule has 3 heterocycles. The summed E-state index contributed by atoms with van der Waals surface area (Å²) in [6, 6.07) is 16.6. The summed E-state index contributed by atoms with van der Waals surface area (Å²) in [6.45, 7) is 4.65. The first-order valence-electron chi connectivity index (χ1n) is 9.25. The molecule has 1 aliphatic heterocycles. The van der Waals surface area contributed by atoms with Crippen LogP contribution >= 0.6 is 22.9 Å². The Morgan fingerprint density at radius 2 is 1.76 bits per heavy atom. The van der Waals surface area contributed by atoms with E-state index in [1.807, 2.05) is 36.5 Å². The number of thiophene rings is 1. The zero-order valence-electron chi connectivity index (χ0n) is 15.7. The Balaban J connectivity index is 1.32. The van der Waals surface area contributed by atoms with Crippen LogP contribution in [0.15, 0.2) is 65.0 Å². The number of benzene rings is 1. The first-order chi connectivity index (χ1) is 14.0. The van der Waals surface area contributed by atoms with Crippen molar-refractivity contribution in [3.05, 3.63) is 70.7 Å². The average molecular weight is 449 g/mol. The number of sulfonamides is 1. The van der Waals surface area contributed by atoms with E-state index in [-0.39, 0.29) is 4.21 Å². The first kappa shape index (κ1) is 20.2. The quantitative estimate of drug-likeness (QED) is 0.619. The molecular formula is C20H21ClN4O2S2. The fraction of sp³-hybridized carbons (Fsp3) is 0.250. The van der Waals surface area contributed by atoms with Crippen LogP contribution in [0.1, 0.15) is 5.56 Å². The zero-order valence-corrected chi connectivity index (χ0v) is 18.1. The highest BCUT2D eigenvalue weighted by Crippen LogP contribution is 2.27. The van der Waals surface area contributed by atoms with Gasteiger partial charge >= 0.3 is 0 Å². The lowest BCUT2D eigenvalue weighted by Gasteiger charge is -2.35. The normalized spacial score (nSPS) is 15.4. The first-order valence-corrected chi connectivity index (χ1v) is 11.9. The molecule has 1 aliphatic rings. The summed E-state index contributed by atoms with van der Waals surface area (Å²) in [5.74, 6) is 1.02. The van der Waals surface area contributed by atoms with Gasteiger partial charge in [-0.15, -0.1) is 11.3 Å². The molecule has 6 nitrogen and oxygen atoms in total. The van der Waals surface area contributed by atoms with E-state index in [0.717, 1.165) is 55.4 Å². The van der Waals surface area contributed by atoms with Crippen LogP contribution in [0.2, 0.25) is 4.34 Å². The largest absolute Gasteiger partial charge is 0.354 e. The number of halogens is 1. The van der Waals surface area contributed by atoms with Crippen LogP contribution in [0.5, 0.6) is 0 Å². The van der Waals surface area contributed by atoms with Crippen molar-refractivity contribution >= 4 is 44.5 Å². The highest BCUT2D eigenvalue weighted by atomic mass is 35.5. The Bertz CT molecular complexity index is 1050. The molecule has 0 aliphatic carbocycles. The van der Waals surface area contributed by atoms with Gasteiger partial charge in [0.15, 0.2) is 0 Å². The monoisotopic (exact) mass is 448 g/mol. The smallest absolute Gasteiger partial charge is 0.271 e. The zero-order chi connectivity index (χ0) is 20.3. The molecule has 152 valence electrons. The third-order valence-electron chi connectivity index (χ3n) is 4.77.